The zero-order valence-electron chi connectivity index (χ0n) is 15.5. The number of halogens is 1. The summed E-state index contributed by atoms with van der Waals surface area (Å²) in [7, 11) is 0. The van der Waals surface area contributed by atoms with Gasteiger partial charge in [-0.3, -0.25) is 4.79 Å². The number of para-hydroxylation sites is 1. The van der Waals surface area contributed by atoms with Gasteiger partial charge < -0.3 is 14.8 Å². The number of carbonyl (C=O) groups is 1. The molecule has 2 aromatic carbocycles. The van der Waals surface area contributed by atoms with Crippen LogP contribution in [0.3, 0.4) is 0 Å². The van der Waals surface area contributed by atoms with Gasteiger partial charge in [-0.05, 0) is 38.1 Å². The summed E-state index contributed by atoms with van der Waals surface area (Å²) in [5, 5.41) is 6.99. The van der Waals surface area contributed by atoms with E-state index in [2.05, 4.69) is 31.3 Å². The number of amides is 1. The number of ether oxygens (including phenoxy) is 2. The Morgan fingerprint density at radius 1 is 1.36 bits per heavy atom. The molecule has 0 radical (unpaired) electrons. The maximum absolute atomic E-state index is 12.5. The molecular weight excluding hydrogens is 424 g/mol. The molecule has 1 aliphatic rings. The molecule has 144 valence electrons. The summed E-state index contributed by atoms with van der Waals surface area (Å²) < 4.78 is 14.2. The van der Waals surface area contributed by atoms with E-state index in [1.165, 1.54) is 6.33 Å². The lowest BCUT2D eigenvalue weighted by Crippen LogP contribution is -2.25. The molecule has 0 aliphatic carbocycles. The van der Waals surface area contributed by atoms with Gasteiger partial charge in [0.1, 0.15) is 18.3 Å². The second-order valence-corrected chi connectivity index (χ2v) is 8.04. The second kappa shape index (κ2) is 7.27. The molecule has 0 atom stereocenters. The van der Waals surface area contributed by atoms with Crippen molar-refractivity contribution in [1.82, 2.24) is 14.8 Å². The first-order valence-corrected chi connectivity index (χ1v) is 9.59. The van der Waals surface area contributed by atoms with Crippen LogP contribution < -0.4 is 14.8 Å². The monoisotopic (exact) mass is 442 g/mol. The van der Waals surface area contributed by atoms with Gasteiger partial charge in [0, 0.05) is 16.5 Å². The molecule has 2 heterocycles. The highest BCUT2D eigenvalue weighted by atomic mass is 79.9. The van der Waals surface area contributed by atoms with Crippen LogP contribution in [0.25, 0.3) is 5.69 Å². The zero-order valence-corrected chi connectivity index (χ0v) is 17.1. The Bertz CT molecular complexity index is 1020. The molecule has 8 heteroatoms. The number of hydrogen-bond acceptors (Lipinski definition) is 5. The third-order valence-corrected chi connectivity index (χ3v) is 4.81. The third kappa shape index (κ3) is 3.87. The summed E-state index contributed by atoms with van der Waals surface area (Å²) in [5.74, 6) is 1.00. The molecular formula is C20H19BrN4O3. The van der Waals surface area contributed by atoms with Crippen LogP contribution in [0, 0.1) is 0 Å². The number of fused-ring (bicyclic) bond motifs is 1. The minimum absolute atomic E-state index is 0.135. The lowest BCUT2D eigenvalue weighted by atomic mass is 10.0. The maximum Gasteiger partial charge on any atom is 0.262 e. The van der Waals surface area contributed by atoms with Crippen molar-refractivity contribution in [3.63, 3.8) is 0 Å². The average Bonchev–Trinajstić information content (AvgIpc) is 3.26. The van der Waals surface area contributed by atoms with Gasteiger partial charge in [-0.15, -0.1) is 0 Å². The molecule has 4 rings (SSSR count). The highest BCUT2D eigenvalue weighted by Crippen LogP contribution is 2.41. The molecule has 3 aromatic rings. The fraction of sp³-hybridized carbons (Fsp3) is 0.250. The summed E-state index contributed by atoms with van der Waals surface area (Å²) >= 11 is 3.43. The van der Waals surface area contributed by atoms with Crippen molar-refractivity contribution >= 4 is 27.5 Å². The number of nitrogens with zero attached hydrogens (tertiary/aromatic N) is 3. The lowest BCUT2D eigenvalue weighted by Gasteiger charge is -2.18. The number of carbonyl (C=O) groups excluding carboxylic acids is 1. The van der Waals surface area contributed by atoms with Gasteiger partial charge in [-0.25, -0.2) is 9.67 Å². The van der Waals surface area contributed by atoms with Crippen LogP contribution >= 0.6 is 15.9 Å². The van der Waals surface area contributed by atoms with E-state index in [0.29, 0.717) is 22.9 Å². The molecule has 0 spiro atoms. The quantitative estimate of drug-likeness (QED) is 0.650. The van der Waals surface area contributed by atoms with E-state index in [1.807, 2.05) is 44.2 Å². The molecule has 1 aromatic heterocycles. The van der Waals surface area contributed by atoms with Crippen LogP contribution in [-0.4, -0.2) is 32.9 Å². The smallest absolute Gasteiger partial charge is 0.262 e. The van der Waals surface area contributed by atoms with Gasteiger partial charge in [-0.1, -0.05) is 28.1 Å². The fourth-order valence-electron chi connectivity index (χ4n) is 3.17. The highest BCUT2D eigenvalue weighted by molar-refractivity contribution is 9.10. The van der Waals surface area contributed by atoms with Gasteiger partial charge in [-0.2, -0.15) is 5.10 Å². The first kappa shape index (κ1) is 18.5. The van der Waals surface area contributed by atoms with Gasteiger partial charge >= 0.3 is 0 Å². The molecule has 0 saturated heterocycles. The number of nitrogens with one attached hydrogen (secondary N) is 1. The van der Waals surface area contributed by atoms with E-state index in [-0.39, 0.29) is 18.1 Å². The maximum atomic E-state index is 12.5. The Labute approximate surface area is 170 Å². The summed E-state index contributed by atoms with van der Waals surface area (Å²) in [5.41, 5.74) is 2.12. The molecule has 0 saturated carbocycles. The minimum Gasteiger partial charge on any atom is -0.483 e. The number of anilines is 1. The zero-order chi connectivity index (χ0) is 19.7. The van der Waals surface area contributed by atoms with Gasteiger partial charge in [0.25, 0.3) is 5.91 Å². The summed E-state index contributed by atoms with van der Waals surface area (Å²) in [6, 6.07) is 11.3. The number of aromatic nitrogens is 3. The SMILES string of the molecule is CC1(C)Cc2cccc(OCC(=O)Nc3cc(Br)ccc3-n3cncn3)c2O1. The van der Waals surface area contributed by atoms with Crippen LogP contribution in [-0.2, 0) is 11.2 Å². The molecule has 1 aliphatic heterocycles. The van der Waals surface area contributed by atoms with Crippen molar-refractivity contribution in [2.45, 2.75) is 25.9 Å². The Morgan fingerprint density at radius 3 is 3.00 bits per heavy atom. The van der Waals surface area contributed by atoms with Crippen molar-refractivity contribution in [2.75, 3.05) is 11.9 Å². The Kier molecular flexibility index (Phi) is 4.80. The number of rotatable bonds is 5. The molecule has 7 nitrogen and oxygen atoms in total. The van der Waals surface area contributed by atoms with Crippen molar-refractivity contribution in [3.8, 4) is 17.2 Å². The van der Waals surface area contributed by atoms with Crippen LogP contribution in [0.1, 0.15) is 19.4 Å². The lowest BCUT2D eigenvalue weighted by molar-refractivity contribution is -0.118. The van der Waals surface area contributed by atoms with E-state index >= 15 is 0 Å². The van der Waals surface area contributed by atoms with Gasteiger partial charge in [0.15, 0.2) is 18.1 Å². The van der Waals surface area contributed by atoms with Crippen molar-refractivity contribution < 1.29 is 14.3 Å². The topological polar surface area (TPSA) is 78.3 Å². The second-order valence-electron chi connectivity index (χ2n) is 7.12. The normalized spacial score (nSPS) is 14.2. The first-order chi connectivity index (χ1) is 13.4. The molecule has 1 amide bonds. The fourth-order valence-corrected chi connectivity index (χ4v) is 3.53. The van der Waals surface area contributed by atoms with E-state index in [9.17, 15) is 4.79 Å². The highest BCUT2D eigenvalue weighted by Gasteiger charge is 2.32. The summed E-state index contributed by atoms with van der Waals surface area (Å²) in [4.78, 5) is 16.5. The summed E-state index contributed by atoms with van der Waals surface area (Å²) in [6.07, 6.45) is 3.82. The Balaban J connectivity index is 1.47. The molecule has 1 N–H and O–H groups in total. The molecule has 28 heavy (non-hydrogen) atoms. The predicted octanol–water partition coefficient (Wildman–Crippen LogP) is 3.76. The van der Waals surface area contributed by atoms with Gasteiger partial charge in [0.05, 0.1) is 11.4 Å². The van der Waals surface area contributed by atoms with Crippen LogP contribution in [0.2, 0.25) is 0 Å². The third-order valence-electron chi connectivity index (χ3n) is 4.31. The largest absolute Gasteiger partial charge is 0.483 e. The number of hydrogen-bond donors (Lipinski definition) is 1. The minimum atomic E-state index is -0.283. The van der Waals surface area contributed by atoms with Gasteiger partial charge in [0.2, 0.25) is 0 Å². The van der Waals surface area contributed by atoms with Crippen LogP contribution in [0.15, 0.2) is 53.5 Å². The number of benzene rings is 2. The average molecular weight is 443 g/mol. The first-order valence-electron chi connectivity index (χ1n) is 8.79. The predicted molar refractivity (Wildman–Crippen MR) is 108 cm³/mol. The van der Waals surface area contributed by atoms with Crippen molar-refractivity contribution in [1.29, 1.82) is 0 Å². The van der Waals surface area contributed by atoms with E-state index in [4.69, 9.17) is 9.47 Å². The van der Waals surface area contributed by atoms with E-state index in [0.717, 1.165) is 16.5 Å². The summed E-state index contributed by atoms with van der Waals surface area (Å²) in [6.45, 7) is 3.92. The Morgan fingerprint density at radius 2 is 2.21 bits per heavy atom. The Hall–Kier alpha value is -2.87. The van der Waals surface area contributed by atoms with Crippen LogP contribution in [0.5, 0.6) is 11.5 Å². The van der Waals surface area contributed by atoms with Crippen LogP contribution in [0.4, 0.5) is 5.69 Å². The van der Waals surface area contributed by atoms with Crippen molar-refractivity contribution in [2.24, 2.45) is 0 Å². The molecule has 0 unspecified atom stereocenters. The molecule has 0 bridgehead atoms. The van der Waals surface area contributed by atoms with E-state index < -0.39 is 0 Å². The van der Waals surface area contributed by atoms with Crippen molar-refractivity contribution in [3.05, 3.63) is 59.1 Å². The standard InChI is InChI=1S/C20H19BrN4O3/c1-20(2)9-13-4-3-5-17(19(13)28-20)27-10-18(26)24-15-8-14(21)6-7-16(15)25-12-22-11-23-25/h3-8,11-12H,9-10H2,1-2H3,(H,24,26). The van der Waals surface area contributed by atoms with E-state index in [1.54, 1.807) is 17.1 Å². The molecule has 0 fully saturated rings.